The number of hydrogen-bond donors (Lipinski definition) is 1. The van der Waals surface area contributed by atoms with Gasteiger partial charge < -0.3 is 10.6 Å². The first-order valence-corrected chi connectivity index (χ1v) is 6.27. The van der Waals surface area contributed by atoms with Crippen molar-refractivity contribution in [2.75, 3.05) is 18.8 Å². The maximum Gasteiger partial charge on any atom is 0.274 e. The van der Waals surface area contributed by atoms with Gasteiger partial charge in [-0.15, -0.1) is 0 Å². The molecular formula is C12H20N4O. The molecule has 2 heterocycles. The maximum absolute atomic E-state index is 12.4. The normalized spacial score (nSPS) is 16.2. The van der Waals surface area contributed by atoms with Crippen molar-refractivity contribution in [2.24, 2.45) is 0 Å². The van der Waals surface area contributed by atoms with E-state index in [0.717, 1.165) is 31.6 Å². The van der Waals surface area contributed by atoms with Gasteiger partial charge in [-0.25, -0.2) is 0 Å². The summed E-state index contributed by atoms with van der Waals surface area (Å²) in [6.07, 6.45) is 3.39. The first-order chi connectivity index (χ1) is 8.15. The second-order valence-corrected chi connectivity index (χ2v) is 4.52. The average molecular weight is 236 g/mol. The Morgan fingerprint density at radius 2 is 2.00 bits per heavy atom. The van der Waals surface area contributed by atoms with E-state index in [0.29, 0.717) is 17.9 Å². The molecule has 2 N–H and O–H groups in total. The summed E-state index contributed by atoms with van der Waals surface area (Å²) in [5.41, 5.74) is 7.79. The van der Waals surface area contributed by atoms with Crippen molar-refractivity contribution in [3.8, 4) is 0 Å². The Bertz CT molecular complexity index is 418. The zero-order valence-corrected chi connectivity index (χ0v) is 10.6. The molecule has 0 spiro atoms. The summed E-state index contributed by atoms with van der Waals surface area (Å²) in [6, 6.07) is 0. The van der Waals surface area contributed by atoms with Gasteiger partial charge in [0.15, 0.2) is 0 Å². The van der Waals surface area contributed by atoms with Crippen molar-refractivity contribution < 1.29 is 4.79 Å². The van der Waals surface area contributed by atoms with Crippen LogP contribution in [0.5, 0.6) is 0 Å². The first-order valence-electron chi connectivity index (χ1n) is 6.27. The van der Waals surface area contributed by atoms with E-state index in [-0.39, 0.29) is 5.91 Å². The minimum absolute atomic E-state index is 0.0321. The lowest BCUT2D eigenvalue weighted by molar-refractivity contribution is 0.0713. The number of carbonyl (C=O) groups excluding carboxylic acids is 1. The highest BCUT2D eigenvalue weighted by atomic mass is 16.2. The number of aryl methyl sites for hydroxylation is 2. The van der Waals surface area contributed by atoms with E-state index in [4.69, 9.17) is 5.73 Å². The van der Waals surface area contributed by atoms with Gasteiger partial charge in [0.1, 0.15) is 5.69 Å². The molecule has 1 fully saturated rings. The predicted octanol–water partition coefficient (Wildman–Crippen LogP) is 1.42. The molecule has 94 valence electrons. The Kier molecular flexibility index (Phi) is 3.36. The highest BCUT2D eigenvalue weighted by molar-refractivity contribution is 5.98. The van der Waals surface area contributed by atoms with Crippen molar-refractivity contribution in [3.63, 3.8) is 0 Å². The quantitative estimate of drug-likeness (QED) is 0.844. The van der Waals surface area contributed by atoms with Crippen LogP contribution in [0.4, 0.5) is 5.69 Å². The second kappa shape index (κ2) is 4.77. The van der Waals surface area contributed by atoms with Crippen molar-refractivity contribution in [1.82, 2.24) is 14.7 Å². The topological polar surface area (TPSA) is 64.2 Å². The Labute approximate surface area is 102 Å². The number of anilines is 1. The van der Waals surface area contributed by atoms with Gasteiger partial charge in [0.25, 0.3) is 5.91 Å². The highest BCUT2D eigenvalue weighted by Gasteiger charge is 2.25. The molecule has 0 unspecified atom stereocenters. The van der Waals surface area contributed by atoms with Gasteiger partial charge in [0, 0.05) is 19.6 Å². The Balaban J connectivity index is 2.29. The minimum atomic E-state index is 0.0321. The van der Waals surface area contributed by atoms with Crippen molar-refractivity contribution in [1.29, 1.82) is 0 Å². The smallest absolute Gasteiger partial charge is 0.274 e. The third-order valence-electron chi connectivity index (χ3n) is 3.32. The van der Waals surface area contributed by atoms with E-state index in [1.54, 1.807) is 4.68 Å². The number of nitrogens with two attached hydrogens (primary N) is 1. The molecule has 1 amide bonds. The van der Waals surface area contributed by atoms with Crippen LogP contribution in [0.25, 0.3) is 0 Å². The molecule has 5 nitrogen and oxygen atoms in total. The number of carbonyl (C=O) groups is 1. The Morgan fingerprint density at radius 1 is 1.35 bits per heavy atom. The van der Waals surface area contributed by atoms with Crippen LogP contribution in [0.2, 0.25) is 0 Å². The van der Waals surface area contributed by atoms with Crippen LogP contribution in [0.15, 0.2) is 0 Å². The largest absolute Gasteiger partial charge is 0.395 e. The summed E-state index contributed by atoms with van der Waals surface area (Å²) in [5.74, 6) is 0.0321. The molecule has 0 aliphatic carbocycles. The lowest BCUT2D eigenvalue weighted by Gasteiger charge is -2.26. The fourth-order valence-electron chi connectivity index (χ4n) is 2.30. The molecule has 2 rings (SSSR count). The van der Waals surface area contributed by atoms with Gasteiger partial charge in [0.05, 0.1) is 11.4 Å². The summed E-state index contributed by atoms with van der Waals surface area (Å²) >= 11 is 0. The van der Waals surface area contributed by atoms with E-state index < -0.39 is 0 Å². The summed E-state index contributed by atoms with van der Waals surface area (Å²) < 4.78 is 1.71. The van der Waals surface area contributed by atoms with E-state index >= 15 is 0 Å². The van der Waals surface area contributed by atoms with Gasteiger partial charge in [-0.3, -0.25) is 9.48 Å². The summed E-state index contributed by atoms with van der Waals surface area (Å²) in [4.78, 5) is 14.3. The number of nitrogens with zero attached hydrogens (tertiary/aromatic N) is 3. The molecule has 1 aromatic rings. The summed E-state index contributed by atoms with van der Waals surface area (Å²) in [5, 5.41) is 4.29. The van der Waals surface area contributed by atoms with Crippen LogP contribution in [0.3, 0.4) is 0 Å². The number of nitrogen functional groups attached to an aromatic ring is 1. The van der Waals surface area contributed by atoms with Crippen LogP contribution in [0.1, 0.15) is 42.4 Å². The molecule has 17 heavy (non-hydrogen) atoms. The van der Waals surface area contributed by atoms with E-state index in [2.05, 4.69) is 5.10 Å². The Morgan fingerprint density at radius 3 is 2.59 bits per heavy atom. The number of hydrogen-bond acceptors (Lipinski definition) is 3. The third kappa shape index (κ3) is 2.14. The average Bonchev–Trinajstić information content (AvgIpc) is 2.65. The van der Waals surface area contributed by atoms with Crippen molar-refractivity contribution in [3.05, 3.63) is 11.4 Å². The van der Waals surface area contributed by atoms with Gasteiger partial charge in [0.2, 0.25) is 0 Å². The number of piperidine rings is 1. The molecule has 0 saturated carbocycles. The number of amides is 1. The van der Waals surface area contributed by atoms with Crippen LogP contribution >= 0.6 is 0 Å². The summed E-state index contributed by atoms with van der Waals surface area (Å²) in [6.45, 7) is 6.17. The number of likely N-dealkylation sites (tertiary alicyclic amines) is 1. The fourth-order valence-corrected chi connectivity index (χ4v) is 2.30. The standard InChI is InChI=1S/C12H20N4O/c1-3-16-11(10(13)9(2)14-16)12(17)15-7-5-4-6-8-15/h3-8,13H2,1-2H3. The maximum atomic E-state index is 12.4. The van der Waals surface area contributed by atoms with Gasteiger partial charge in [-0.2, -0.15) is 5.10 Å². The molecule has 0 atom stereocenters. The number of aromatic nitrogens is 2. The lowest BCUT2D eigenvalue weighted by atomic mass is 10.1. The molecule has 0 aromatic carbocycles. The molecule has 1 saturated heterocycles. The molecule has 5 heteroatoms. The highest BCUT2D eigenvalue weighted by Crippen LogP contribution is 2.20. The first kappa shape index (κ1) is 12.0. The molecule has 0 radical (unpaired) electrons. The van der Waals surface area contributed by atoms with Crippen molar-refractivity contribution >= 4 is 11.6 Å². The van der Waals surface area contributed by atoms with Gasteiger partial charge >= 0.3 is 0 Å². The SMILES string of the molecule is CCn1nc(C)c(N)c1C(=O)N1CCCCC1. The van der Waals surface area contributed by atoms with Crippen LogP contribution in [-0.2, 0) is 6.54 Å². The second-order valence-electron chi connectivity index (χ2n) is 4.52. The van der Waals surface area contributed by atoms with Gasteiger partial charge in [-0.1, -0.05) is 0 Å². The van der Waals surface area contributed by atoms with Crippen molar-refractivity contribution in [2.45, 2.75) is 39.7 Å². The van der Waals surface area contributed by atoms with E-state index in [1.807, 2.05) is 18.7 Å². The number of rotatable bonds is 2. The van der Waals surface area contributed by atoms with Crippen LogP contribution in [-0.4, -0.2) is 33.7 Å². The lowest BCUT2D eigenvalue weighted by Crippen LogP contribution is -2.37. The predicted molar refractivity (Wildman–Crippen MR) is 66.8 cm³/mol. The molecule has 0 bridgehead atoms. The molecule has 1 aliphatic rings. The van der Waals surface area contributed by atoms with E-state index in [9.17, 15) is 4.79 Å². The third-order valence-corrected chi connectivity index (χ3v) is 3.32. The fraction of sp³-hybridized carbons (Fsp3) is 0.667. The van der Waals surface area contributed by atoms with Crippen LogP contribution < -0.4 is 5.73 Å². The zero-order valence-electron chi connectivity index (χ0n) is 10.6. The van der Waals surface area contributed by atoms with E-state index in [1.165, 1.54) is 6.42 Å². The molecule has 1 aromatic heterocycles. The Hall–Kier alpha value is -1.52. The van der Waals surface area contributed by atoms with Crippen LogP contribution in [0, 0.1) is 6.92 Å². The van der Waals surface area contributed by atoms with Gasteiger partial charge in [-0.05, 0) is 33.1 Å². The monoisotopic (exact) mass is 236 g/mol. The minimum Gasteiger partial charge on any atom is -0.395 e. The molecule has 1 aliphatic heterocycles. The zero-order chi connectivity index (χ0) is 12.4. The summed E-state index contributed by atoms with van der Waals surface area (Å²) in [7, 11) is 0. The molecular weight excluding hydrogens is 216 g/mol.